The second-order valence-electron chi connectivity index (χ2n) is 5.09. The predicted molar refractivity (Wildman–Crippen MR) is 77.6 cm³/mol. The zero-order valence-electron chi connectivity index (χ0n) is 11.9. The van der Waals surface area contributed by atoms with Crippen LogP contribution in [0.1, 0.15) is 32.3 Å². The lowest BCUT2D eigenvalue weighted by atomic mass is 10.1. The minimum absolute atomic E-state index is 0.268. The van der Waals surface area contributed by atoms with Gasteiger partial charge < -0.3 is 15.3 Å². The van der Waals surface area contributed by atoms with Crippen LogP contribution in [0.2, 0.25) is 0 Å². The van der Waals surface area contributed by atoms with Crippen molar-refractivity contribution in [3.63, 3.8) is 0 Å². The van der Waals surface area contributed by atoms with Crippen molar-refractivity contribution in [3.05, 3.63) is 11.9 Å². The maximum Gasteiger partial charge on any atom is 0.137 e. The van der Waals surface area contributed by atoms with E-state index in [9.17, 15) is 5.11 Å². The summed E-state index contributed by atoms with van der Waals surface area (Å²) in [7, 11) is 0. The fourth-order valence-electron chi connectivity index (χ4n) is 2.57. The van der Waals surface area contributed by atoms with Gasteiger partial charge in [-0.2, -0.15) is 0 Å². The Balaban J connectivity index is 2.20. The van der Waals surface area contributed by atoms with Crippen LogP contribution < -0.4 is 10.2 Å². The molecule has 2 heterocycles. The van der Waals surface area contributed by atoms with Gasteiger partial charge in [0.25, 0.3) is 0 Å². The third kappa shape index (κ3) is 3.15. The minimum atomic E-state index is 0.268. The molecular formula is C14H24N4O. The molecule has 2 rings (SSSR count). The fraction of sp³-hybridized carbons (Fsp3) is 0.714. The highest BCUT2D eigenvalue weighted by molar-refractivity contribution is 5.59. The summed E-state index contributed by atoms with van der Waals surface area (Å²) in [6.45, 7) is 7.36. The molecule has 0 amide bonds. The zero-order valence-corrected chi connectivity index (χ0v) is 11.9. The van der Waals surface area contributed by atoms with Crippen molar-refractivity contribution in [3.8, 4) is 0 Å². The van der Waals surface area contributed by atoms with Gasteiger partial charge in [0.05, 0.1) is 0 Å². The molecule has 0 saturated carbocycles. The van der Waals surface area contributed by atoms with E-state index in [1.165, 1.54) is 5.56 Å². The molecule has 0 bridgehead atoms. The maximum atomic E-state index is 9.26. The molecular weight excluding hydrogens is 240 g/mol. The van der Waals surface area contributed by atoms with Gasteiger partial charge in [0.2, 0.25) is 0 Å². The van der Waals surface area contributed by atoms with E-state index in [2.05, 4.69) is 34.0 Å². The molecule has 0 radical (unpaired) electrons. The van der Waals surface area contributed by atoms with Gasteiger partial charge in [0.15, 0.2) is 0 Å². The molecule has 0 aromatic carbocycles. The van der Waals surface area contributed by atoms with Crippen molar-refractivity contribution < 1.29 is 5.11 Å². The van der Waals surface area contributed by atoms with Crippen molar-refractivity contribution >= 4 is 11.6 Å². The molecule has 1 unspecified atom stereocenters. The first kappa shape index (κ1) is 14.1. The molecule has 0 spiro atoms. The molecule has 1 fully saturated rings. The van der Waals surface area contributed by atoms with Gasteiger partial charge in [-0.25, -0.2) is 9.97 Å². The maximum absolute atomic E-state index is 9.26. The molecule has 5 nitrogen and oxygen atoms in total. The topological polar surface area (TPSA) is 61.3 Å². The summed E-state index contributed by atoms with van der Waals surface area (Å²) in [6.07, 6.45) is 4.68. The fourth-order valence-corrected chi connectivity index (χ4v) is 2.57. The van der Waals surface area contributed by atoms with Crippen LogP contribution in [0, 0.1) is 5.92 Å². The number of nitrogens with one attached hydrogen (secondary N) is 1. The van der Waals surface area contributed by atoms with E-state index in [0.29, 0.717) is 5.92 Å². The van der Waals surface area contributed by atoms with Gasteiger partial charge in [-0.05, 0) is 19.3 Å². The van der Waals surface area contributed by atoms with Crippen LogP contribution in [0.25, 0.3) is 0 Å². The first-order chi connectivity index (χ1) is 9.30. The van der Waals surface area contributed by atoms with E-state index >= 15 is 0 Å². The van der Waals surface area contributed by atoms with Gasteiger partial charge in [0, 0.05) is 37.7 Å². The van der Waals surface area contributed by atoms with Crippen molar-refractivity contribution in [1.82, 2.24) is 9.97 Å². The SMILES string of the molecule is CCCNc1ncnc(N2CCC(CO)C2)c1CC. The Morgan fingerprint density at radius 3 is 2.89 bits per heavy atom. The number of rotatable bonds is 6. The predicted octanol–water partition coefficient (Wildman–Crippen LogP) is 1.68. The highest BCUT2D eigenvalue weighted by Crippen LogP contribution is 2.28. The van der Waals surface area contributed by atoms with Crippen molar-refractivity contribution in [2.75, 3.05) is 36.5 Å². The highest BCUT2D eigenvalue weighted by atomic mass is 16.3. The van der Waals surface area contributed by atoms with Crippen LogP contribution in [0.3, 0.4) is 0 Å². The molecule has 1 aromatic rings. The van der Waals surface area contributed by atoms with Gasteiger partial charge in [-0.15, -0.1) is 0 Å². The second-order valence-corrected chi connectivity index (χ2v) is 5.09. The first-order valence-electron chi connectivity index (χ1n) is 7.23. The summed E-state index contributed by atoms with van der Waals surface area (Å²) >= 11 is 0. The van der Waals surface area contributed by atoms with Crippen LogP contribution >= 0.6 is 0 Å². The zero-order chi connectivity index (χ0) is 13.7. The quantitative estimate of drug-likeness (QED) is 0.818. The van der Waals surface area contributed by atoms with E-state index in [-0.39, 0.29) is 6.61 Å². The average molecular weight is 264 g/mol. The molecule has 0 aliphatic carbocycles. The summed E-state index contributed by atoms with van der Waals surface area (Å²) in [4.78, 5) is 11.1. The Bertz CT molecular complexity index is 410. The Labute approximate surface area is 115 Å². The number of hydrogen-bond acceptors (Lipinski definition) is 5. The molecule has 1 aromatic heterocycles. The Hall–Kier alpha value is -1.36. The summed E-state index contributed by atoms with van der Waals surface area (Å²) in [6, 6.07) is 0. The first-order valence-corrected chi connectivity index (χ1v) is 7.23. The lowest BCUT2D eigenvalue weighted by Crippen LogP contribution is -2.24. The standard InChI is InChI=1S/C14H24N4O/c1-3-6-15-13-12(4-2)14(17-10-16-13)18-7-5-11(8-18)9-19/h10-11,19H,3-9H2,1-2H3,(H,15,16,17). The molecule has 2 N–H and O–H groups in total. The summed E-state index contributed by atoms with van der Waals surface area (Å²) in [5, 5.41) is 12.6. The Kier molecular flexibility index (Phi) is 4.96. The summed E-state index contributed by atoms with van der Waals surface area (Å²) in [5.74, 6) is 2.38. The largest absolute Gasteiger partial charge is 0.396 e. The van der Waals surface area contributed by atoms with E-state index in [0.717, 1.165) is 50.5 Å². The smallest absolute Gasteiger partial charge is 0.137 e. The van der Waals surface area contributed by atoms with Crippen LogP contribution in [0.15, 0.2) is 6.33 Å². The van der Waals surface area contributed by atoms with E-state index in [4.69, 9.17) is 0 Å². The van der Waals surface area contributed by atoms with Gasteiger partial charge in [-0.1, -0.05) is 13.8 Å². The van der Waals surface area contributed by atoms with Gasteiger partial charge in [-0.3, -0.25) is 0 Å². The number of aliphatic hydroxyl groups is 1. The second kappa shape index (κ2) is 6.70. The normalized spacial score (nSPS) is 18.9. The number of aliphatic hydroxyl groups excluding tert-OH is 1. The van der Waals surface area contributed by atoms with Crippen LogP contribution in [-0.2, 0) is 6.42 Å². The lowest BCUT2D eigenvalue weighted by Gasteiger charge is -2.21. The molecule has 1 aliphatic rings. The number of anilines is 2. The number of nitrogens with zero attached hydrogens (tertiary/aromatic N) is 3. The lowest BCUT2D eigenvalue weighted by molar-refractivity contribution is 0.238. The van der Waals surface area contributed by atoms with Gasteiger partial charge >= 0.3 is 0 Å². The Morgan fingerprint density at radius 2 is 2.26 bits per heavy atom. The number of hydrogen-bond donors (Lipinski definition) is 2. The van der Waals surface area contributed by atoms with E-state index < -0.39 is 0 Å². The summed E-state index contributed by atoms with van der Waals surface area (Å²) < 4.78 is 0. The Morgan fingerprint density at radius 1 is 1.42 bits per heavy atom. The molecule has 5 heteroatoms. The highest BCUT2D eigenvalue weighted by Gasteiger charge is 2.25. The van der Waals surface area contributed by atoms with Crippen molar-refractivity contribution in [2.45, 2.75) is 33.1 Å². The van der Waals surface area contributed by atoms with Crippen LogP contribution in [0.4, 0.5) is 11.6 Å². The van der Waals surface area contributed by atoms with E-state index in [1.807, 2.05) is 0 Å². The minimum Gasteiger partial charge on any atom is -0.396 e. The monoisotopic (exact) mass is 264 g/mol. The summed E-state index contributed by atoms with van der Waals surface area (Å²) in [5.41, 5.74) is 1.19. The third-order valence-corrected chi connectivity index (χ3v) is 3.66. The van der Waals surface area contributed by atoms with Crippen molar-refractivity contribution in [2.24, 2.45) is 5.92 Å². The molecule has 106 valence electrons. The molecule has 19 heavy (non-hydrogen) atoms. The van der Waals surface area contributed by atoms with E-state index in [1.54, 1.807) is 6.33 Å². The van der Waals surface area contributed by atoms with Crippen molar-refractivity contribution in [1.29, 1.82) is 0 Å². The van der Waals surface area contributed by atoms with Crippen LogP contribution in [-0.4, -0.2) is 41.3 Å². The molecule has 1 saturated heterocycles. The average Bonchev–Trinajstić information content (AvgIpc) is 2.93. The number of aromatic nitrogens is 2. The molecule has 1 aliphatic heterocycles. The van der Waals surface area contributed by atoms with Gasteiger partial charge in [0.1, 0.15) is 18.0 Å². The third-order valence-electron chi connectivity index (χ3n) is 3.66. The van der Waals surface area contributed by atoms with Crippen LogP contribution in [0.5, 0.6) is 0 Å². The molecule has 1 atom stereocenters.